The van der Waals surface area contributed by atoms with Crippen LogP contribution in [0.15, 0.2) is 18.2 Å². The molecular formula is C10H15FSi. The molecule has 0 nitrogen and oxygen atoms in total. The Morgan fingerprint density at radius 1 is 1.08 bits per heavy atom. The maximum atomic E-state index is 13.0. The van der Waals surface area contributed by atoms with Gasteiger partial charge < -0.3 is 0 Å². The second-order valence-corrected chi connectivity index (χ2v) is 9.34. The summed E-state index contributed by atoms with van der Waals surface area (Å²) in [4.78, 5) is 0. The van der Waals surface area contributed by atoms with Crippen LogP contribution in [-0.4, -0.2) is 8.07 Å². The fraction of sp³-hybridized carbons (Fsp3) is 0.400. The van der Waals surface area contributed by atoms with Gasteiger partial charge in [-0.05, 0) is 24.6 Å². The Labute approximate surface area is 74.4 Å². The third kappa shape index (κ3) is 2.17. The first-order chi connectivity index (χ1) is 5.39. The lowest BCUT2D eigenvalue weighted by molar-refractivity contribution is 0.627. The topological polar surface area (TPSA) is 0 Å². The molecule has 0 saturated carbocycles. The quantitative estimate of drug-likeness (QED) is 0.586. The van der Waals surface area contributed by atoms with E-state index in [1.165, 1.54) is 5.19 Å². The molecule has 66 valence electrons. The first-order valence-corrected chi connectivity index (χ1v) is 7.67. The van der Waals surface area contributed by atoms with Crippen molar-refractivity contribution in [2.24, 2.45) is 0 Å². The fourth-order valence-electron chi connectivity index (χ4n) is 1.17. The van der Waals surface area contributed by atoms with Crippen LogP contribution in [0.5, 0.6) is 0 Å². The molecule has 0 spiro atoms. The summed E-state index contributed by atoms with van der Waals surface area (Å²) in [6, 6.07) is 5.33. The Morgan fingerprint density at radius 2 is 1.67 bits per heavy atom. The minimum Gasteiger partial charge on any atom is -0.207 e. The molecule has 0 amide bonds. The molecule has 0 N–H and O–H groups in total. The lowest BCUT2D eigenvalue weighted by Gasteiger charge is -2.16. The number of aryl methyl sites for hydroxylation is 1. The molecule has 0 aliphatic carbocycles. The minimum absolute atomic E-state index is 0.104. The van der Waals surface area contributed by atoms with Crippen molar-refractivity contribution in [3.05, 3.63) is 29.6 Å². The third-order valence-electron chi connectivity index (χ3n) is 1.91. The zero-order valence-corrected chi connectivity index (χ0v) is 9.11. The molecule has 1 aromatic carbocycles. The molecular weight excluding hydrogens is 167 g/mol. The molecule has 0 aromatic heterocycles. The highest BCUT2D eigenvalue weighted by molar-refractivity contribution is 6.88. The number of hydrogen-bond acceptors (Lipinski definition) is 0. The molecule has 1 rings (SSSR count). The van der Waals surface area contributed by atoms with Crippen molar-refractivity contribution in [2.45, 2.75) is 26.6 Å². The van der Waals surface area contributed by atoms with Crippen LogP contribution in [0, 0.1) is 12.7 Å². The van der Waals surface area contributed by atoms with Gasteiger partial charge >= 0.3 is 0 Å². The molecule has 0 heterocycles. The highest BCUT2D eigenvalue weighted by Gasteiger charge is 2.16. The molecule has 0 saturated heterocycles. The van der Waals surface area contributed by atoms with E-state index in [1.54, 1.807) is 12.1 Å². The molecule has 12 heavy (non-hydrogen) atoms. The molecule has 0 fully saturated rings. The van der Waals surface area contributed by atoms with Gasteiger partial charge in [-0.3, -0.25) is 0 Å². The van der Waals surface area contributed by atoms with Crippen molar-refractivity contribution >= 4 is 13.3 Å². The minimum atomic E-state index is -1.34. The number of benzene rings is 1. The predicted molar refractivity (Wildman–Crippen MR) is 54.1 cm³/mol. The van der Waals surface area contributed by atoms with Gasteiger partial charge in [0.15, 0.2) is 0 Å². The maximum Gasteiger partial charge on any atom is 0.123 e. The van der Waals surface area contributed by atoms with Gasteiger partial charge in [-0.25, -0.2) is 4.39 Å². The normalized spacial score (nSPS) is 11.8. The molecule has 1 aromatic rings. The summed E-state index contributed by atoms with van der Waals surface area (Å²) in [5.74, 6) is -0.104. The van der Waals surface area contributed by atoms with E-state index in [9.17, 15) is 4.39 Å². The molecule has 0 radical (unpaired) electrons. The average molecular weight is 182 g/mol. The zero-order chi connectivity index (χ0) is 9.35. The molecule has 2 heteroatoms. The predicted octanol–water partition coefficient (Wildman–Crippen LogP) is 2.68. The summed E-state index contributed by atoms with van der Waals surface area (Å²) < 4.78 is 13.0. The second-order valence-electron chi connectivity index (χ2n) is 4.27. The van der Waals surface area contributed by atoms with E-state index in [0.29, 0.717) is 0 Å². The Bertz CT molecular complexity index is 266. The first kappa shape index (κ1) is 9.45. The van der Waals surface area contributed by atoms with Gasteiger partial charge in [0.2, 0.25) is 0 Å². The van der Waals surface area contributed by atoms with Gasteiger partial charge in [0.05, 0.1) is 8.07 Å². The highest BCUT2D eigenvalue weighted by Crippen LogP contribution is 2.06. The summed E-state index contributed by atoms with van der Waals surface area (Å²) in [5, 5.41) is 1.19. The van der Waals surface area contributed by atoms with Crippen molar-refractivity contribution < 1.29 is 4.39 Å². The number of halogens is 1. The third-order valence-corrected chi connectivity index (χ3v) is 3.93. The van der Waals surface area contributed by atoms with E-state index in [0.717, 1.165) is 5.56 Å². The molecule has 0 atom stereocenters. The van der Waals surface area contributed by atoms with E-state index in [1.807, 2.05) is 6.92 Å². The Morgan fingerprint density at radius 3 is 2.08 bits per heavy atom. The van der Waals surface area contributed by atoms with Crippen LogP contribution in [0.4, 0.5) is 4.39 Å². The van der Waals surface area contributed by atoms with Gasteiger partial charge in [0, 0.05) is 0 Å². The van der Waals surface area contributed by atoms with Crippen LogP contribution in [0.1, 0.15) is 5.56 Å². The van der Waals surface area contributed by atoms with Crippen molar-refractivity contribution in [3.63, 3.8) is 0 Å². The van der Waals surface area contributed by atoms with Crippen LogP contribution in [0.3, 0.4) is 0 Å². The SMILES string of the molecule is Cc1cc(F)cc([Si](C)(C)C)c1. The standard InChI is InChI=1S/C10H15FSi/c1-8-5-9(11)7-10(6-8)12(2,3)4/h5-7H,1-4H3. The van der Waals surface area contributed by atoms with Crippen molar-refractivity contribution in [2.75, 3.05) is 0 Å². The average Bonchev–Trinajstić information content (AvgIpc) is 1.82. The summed E-state index contributed by atoms with van der Waals surface area (Å²) in [6.45, 7) is 8.61. The molecule has 0 bridgehead atoms. The smallest absolute Gasteiger partial charge is 0.123 e. The van der Waals surface area contributed by atoms with E-state index in [2.05, 4.69) is 25.7 Å². The van der Waals surface area contributed by atoms with E-state index in [-0.39, 0.29) is 5.82 Å². The molecule has 0 aliphatic rings. The van der Waals surface area contributed by atoms with Gasteiger partial charge in [-0.2, -0.15) is 0 Å². The van der Waals surface area contributed by atoms with Gasteiger partial charge in [-0.1, -0.05) is 30.9 Å². The fourth-order valence-corrected chi connectivity index (χ4v) is 2.40. The van der Waals surface area contributed by atoms with Crippen LogP contribution < -0.4 is 5.19 Å². The Kier molecular flexibility index (Phi) is 2.38. The zero-order valence-electron chi connectivity index (χ0n) is 8.11. The monoisotopic (exact) mass is 182 g/mol. The van der Waals surface area contributed by atoms with Crippen LogP contribution in [0.2, 0.25) is 19.6 Å². The van der Waals surface area contributed by atoms with Gasteiger partial charge in [0.1, 0.15) is 5.82 Å². The molecule has 0 unspecified atom stereocenters. The summed E-state index contributed by atoms with van der Waals surface area (Å²) >= 11 is 0. The van der Waals surface area contributed by atoms with Crippen molar-refractivity contribution in [1.29, 1.82) is 0 Å². The van der Waals surface area contributed by atoms with E-state index < -0.39 is 8.07 Å². The van der Waals surface area contributed by atoms with Crippen LogP contribution in [-0.2, 0) is 0 Å². The number of rotatable bonds is 1. The Hall–Kier alpha value is -0.633. The number of hydrogen-bond donors (Lipinski definition) is 0. The lowest BCUT2D eigenvalue weighted by atomic mass is 10.2. The van der Waals surface area contributed by atoms with Gasteiger partial charge in [-0.15, -0.1) is 0 Å². The largest absolute Gasteiger partial charge is 0.207 e. The summed E-state index contributed by atoms with van der Waals surface area (Å²) in [7, 11) is -1.34. The van der Waals surface area contributed by atoms with Crippen LogP contribution >= 0.6 is 0 Å². The highest BCUT2D eigenvalue weighted by atomic mass is 28.3. The van der Waals surface area contributed by atoms with Crippen molar-refractivity contribution in [3.8, 4) is 0 Å². The van der Waals surface area contributed by atoms with E-state index >= 15 is 0 Å². The van der Waals surface area contributed by atoms with Gasteiger partial charge in [0.25, 0.3) is 0 Å². The summed E-state index contributed by atoms with van der Waals surface area (Å²) in [5.41, 5.74) is 1.02. The molecule has 0 aliphatic heterocycles. The summed E-state index contributed by atoms with van der Waals surface area (Å²) in [6.07, 6.45) is 0. The van der Waals surface area contributed by atoms with Crippen LogP contribution in [0.25, 0.3) is 0 Å². The lowest BCUT2D eigenvalue weighted by Crippen LogP contribution is -2.37. The maximum absolute atomic E-state index is 13.0. The Balaban J connectivity index is 3.18. The second kappa shape index (κ2) is 3.02. The van der Waals surface area contributed by atoms with Crippen molar-refractivity contribution in [1.82, 2.24) is 0 Å². The first-order valence-electron chi connectivity index (χ1n) is 4.17. The van der Waals surface area contributed by atoms with E-state index in [4.69, 9.17) is 0 Å².